The number of piperazine rings is 1. The van der Waals surface area contributed by atoms with Gasteiger partial charge in [-0.25, -0.2) is 0 Å². The van der Waals surface area contributed by atoms with Gasteiger partial charge in [0.15, 0.2) is 5.11 Å². The summed E-state index contributed by atoms with van der Waals surface area (Å²) < 4.78 is 0. The van der Waals surface area contributed by atoms with Crippen molar-refractivity contribution in [3.8, 4) is 0 Å². The quantitative estimate of drug-likeness (QED) is 0.753. The number of thiocarbonyl (C=S) groups is 1. The molecule has 0 unspecified atom stereocenters. The summed E-state index contributed by atoms with van der Waals surface area (Å²) in [7, 11) is 2.04. The summed E-state index contributed by atoms with van der Waals surface area (Å²) >= 11 is 11.3. The van der Waals surface area contributed by atoms with E-state index in [-0.39, 0.29) is 11.0 Å². The zero-order valence-electron chi connectivity index (χ0n) is 15.4. The van der Waals surface area contributed by atoms with Crippen LogP contribution in [0.4, 0.5) is 5.69 Å². The minimum Gasteiger partial charge on any atom is -0.336 e. The topological polar surface area (TPSA) is 64.7 Å². The molecule has 28 heavy (non-hydrogen) atoms. The van der Waals surface area contributed by atoms with Gasteiger partial charge in [0, 0.05) is 26.2 Å². The molecule has 1 aliphatic heterocycles. The fourth-order valence-corrected chi connectivity index (χ4v) is 3.35. The molecular weight excluding hydrogens is 396 g/mol. The highest BCUT2D eigenvalue weighted by Gasteiger charge is 2.22. The minimum absolute atomic E-state index is 0.0589. The fraction of sp³-hybridized carbons (Fsp3) is 0.250. The maximum Gasteiger partial charge on any atom is 0.258 e. The van der Waals surface area contributed by atoms with E-state index in [0.29, 0.717) is 34.9 Å². The highest BCUT2D eigenvalue weighted by molar-refractivity contribution is 7.80. The summed E-state index contributed by atoms with van der Waals surface area (Å²) in [6.45, 7) is 3.04. The van der Waals surface area contributed by atoms with Crippen LogP contribution in [0.2, 0.25) is 5.02 Å². The lowest BCUT2D eigenvalue weighted by Gasteiger charge is -2.32. The summed E-state index contributed by atoms with van der Waals surface area (Å²) in [4.78, 5) is 29.3. The summed E-state index contributed by atoms with van der Waals surface area (Å²) in [5.74, 6) is -0.470. The van der Waals surface area contributed by atoms with E-state index in [9.17, 15) is 9.59 Å². The molecule has 0 aliphatic carbocycles. The van der Waals surface area contributed by atoms with Crippen LogP contribution in [0.3, 0.4) is 0 Å². The Balaban J connectivity index is 1.69. The van der Waals surface area contributed by atoms with Crippen LogP contribution in [0.5, 0.6) is 0 Å². The Morgan fingerprint density at radius 2 is 1.57 bits per heavy atom. The predicted molar refractivity (Wildman–Crippen MR) is 115 cm³/mol. The summed E-state index contributed by atoms with van der Waals surface area (Å²) in [6.07, 6.45) is 0. The van der Waals surface area contributed by atoms with Crippen molar-refractivity contribution in [1.82, 2.24) is 15.1 Å². The van der Waals surface area contributed by atoms with Crippen molar-refractivity contribution in [2.75, 3.05) is 38.5 Å². The maximum atomic E-state index is 12.9. The van der Waals surface area contributed by atoms with Crippen molar-refractivity contribution in [3.63, 3.8) is 0 Å². The molecule has 0 spiro atoms. The second-order valence-corrected chi connectivity index (χ2v) is 7.34. The zero-order valence-corrected chi connectivity index (χ0v) is 17.0. The van der Waals surface area contributed by atoms with E-state index in [0.717, 1.165) is 13.1 Å². The summed E-state index contributed by atoms with van der Waals surface area (Å²) in [5.41, 5.74) is 1.40. The lowest BCUT2D eigenvalue weighted by molar-refractivity contribution is 0.0665. The van der Waals surface area contributed by atoms with E-state index in [1.807, 2.05) is 18.0 Å². The van der Waals surface area contributed by atoms with Gasteiger partial charge >= 0.3 is 0 Å². The van der Waals surface area contributed by atoms with Crippen molar-refractivity contribution in [3.05, 3.63) is 64.7 Å². The SMILES string of the molecule is CN1CCN(C(=O)c2ccccc2NC(=S)NC(=O)c2ccccc2Cl)CC1. The van der Waals surface area contributed by atoms with Crippen LogP contribution in [0, 0.1) is 0 Å². The lowest BCUT2D eigenvalue weighted by atomic mass is 10.1. The smallest absolute Gasteiger partial charge is 0.258 e. The Hall–Kier alpha value is -2.48. The highest BCUT2D eigenvalue weighted by Crippen LogP contribution is 2.19. The van der Waals surface area contributed by atoms with Gasteiger partial charge in [-0.05, 0) is 43.5 Å². The Morgan fingerprint density at radius 3 is 2.25 bits per heavy atom. The van der Waals surface area contributed by atoms with E-state index in [1.165, 1.54) is 0 Å². The second kappa shape index (κ2) is 9.14. The number of rotatable bonds is 3. The number of amides is 2. The van der Waals surface area contributed by atoms with Gasteiger partial charge in [0.1, 0.15) is 0 Å². The predicted octanol–water partition coefficient (Wildman–Crippen LogP) is 2.85. The van der Waals surface area contributed by atoms with Crippen molar-refractivity contribution in [2.45, 2.75) is 0 Å². The summed E-state index contributed by atoms with van der Waals surface area (Å²) in [5, 5.41) is 6.00. The molecule has 0 aromatic heterocycles. The number of para-hydroxylation sites is 1. The molecule has 1 fully saturated rings. The highest BCUT2D eigenvalue weighted by atomic mass is 35.5. The van der Waals surface area contributed by atoms with Crippen LogP contribution in [-0.2, 0) is 0 Å². The molecule has 2 N–H and O–H groups in total. The monoisotopic (exact) mass is 416 g/mol. The van der Waals surface area contributed by atoms with Gasteiger partial charge in [0.05, 0.1) is 21.8 Å². The zero-order chi connectivity index (χ0) is 20.1. The number of anilines is 1. The van der Waals surface area contributed by atoms with E-state index < -0.39 is 5.91 Å². The largest absolute Gasteiger partial charge is 0.336 e. The molecule has 0 bridgehead atoms. The molecule has 0 radical (unpaired) electrons. The molecule has 2 aromatic carbocycles. The van der Waals surface area contributed by atoms with Gasteiger partial charge in [0.25, 0.3) is 11.8 Å². The number of benzene rings is 2. The average Bonchev–Trinajstić information content (AvgIpc) is 2.68. The minimum atomic E-state index is -0.411. The number of carbonyl (C=O) groups is 2. The molecule has 2 aromatic rings. The van der Waals surface area contributed by atoms with E-state index in [4.69, 9.17) is 23.8 Å². The molecule has 3 rings (SSSR count). The number of likely N-dealkylation sites (N-methyl/N-ethyl adjacent to an activating group) is 1. The molecule has 0 atom stereocenters. The van der Waals surface area contributed by atoms with Gasteiger partial charge < -0.3 is 15.1 Å². The third kappa shape index (κ3) is 4.86. The van der Waals surface area contributed by atoms with Crippen LogP contribution in [0.15, 0.2) is 48.5 Å². The van der Waals surface area contributed by atoms with Crippen LogP contribution in [0.25, 0.3) is 0 Å². The number of halogens is 1. The molecular formula is C20H21ClN4O2S. The van der Waals surface area contributed by atoms with E-state index >= 15 is 0 Å². The first-order chi connectivity index (χ1) is 13.5. The Bertz CT molecular complexity index is 897. The number of hydrogen-bond acceptors (Lipinski definition) is 4. The Kier molecular flexibility index (Phi) is 6.61. The third-order valence-corrected chi connectivity index (χ3v) is 5.08. The third-order valence-electron chi connectivity index (χ3n) is 4.54. The van der Waals surface area contributed by atoms with Crippen LogP contribution in [-0.4, -0.2) is 60.0 Å². The molecule has 146 valence electrons. The molecule has 6 nitrogen and oxygen atoms in total. The first-order valence-electron chi connectivity index (χ1n) is 8.89. The summed E-state index contributed by atoms with van der Waals surface area (Å²) in [6, 6.07) is 13.8. The number of nitrogens with zero attached hydrogens (tertiary/aromatic N) is 2. The molecule has 1 aliphatic rings. The van der Waals surface area contributed by atoms with Crippen molar-refractivity contribution >= 4 is 46.4 Å². The number of hydrogen-bond donors (Lipinski definition) is 2. The molecule has 8 heteroatoms. The van der Waals surface area contributed by atoms with E-state index in [1.54, 1.807) is 42.5 Å². The first-order valence-corrected chi connectivity index (χ1v) is 9.68. The second-order valence-electron chi connectivity index (χ2n) is 6.53. The van der Waals surface area contributed by atoms with Gasteiger partial charge in [0.2, 0.25) is 0 Å². The fourth-order valence-electron chi connectivity index (χ4n) is 2.93. The molecule has 2 amide bonds. The average molecular weight is 417 g/mol. The Morgan fingerprint density at radius 1 is 0.964 bits per heavy atom. The van der Waals surface area contributed by atoms with Gasteiger partial charge in [-0.3, -0.25) is 14.9 Å². The van der Waals surface area contributed by atoms with Crippen LogP contribution >= 0.6 is 23.8 Å². The Labute approximate surface area is 174 Å². The lowest BCUT2D eigenvalue weighted by Crippen LogP contribution is -2.47. The molecule has 1 heterocycles. The number of carbonyl (C=O) groups excluding carboxylic acids is 2. The van der Waals surface area contributed by atoms with Crippen LogP contribution in [0.1, 0.15) is 20.7 Å². The van der Waals surface area contributed by atoms with Gasteiger partial charge in [-0.2, -0.15) is 0 Å². The van der Waals surface area contributed by atoms with Crippen molar-refractivity contribution < 1.29 is 9.59 Å². The van der Waals surface area contributed by atoms with Crippen molar-refractivity contribution in [1.29, 1.82) is 0 Å². The molecule has 0 saturated carbocycles. The van der Waals surface area contributed by atoms with Gasteiger partial charge in [-0.15, -0.1) is 0 Å². The first kappa shape index (κ1) is 20.3. The standard InChI is InChI=1S/C20H21ClN4O2S/c1-24-10-12-25(13-11-24)19(27)15-7-3-5-9-17(15)22-20(28)23-18(26)14-6-2-4-8-16(14)21/h2-9H,10-13H2,1H3,(H2,22,23,26,28). The number of nitrogens with one attached hydrogen (secondary N) is 2. The van der Waals surface area contributed by atoms with Crippen molar-refractivity contribution in [2.24, 2.45) is 0 Å². The molecule has 1 saturated heterocycles. The maximum absolute atomic E-state index is 12.9. The normalized spacial score (nSPS) is 14.4. The van der Waals surface area contributed by atoms with Gasteiger partial charge in [-0.1, -0.05) is 35.9 Å². The van der Waals surface area contributed by atoms with Crippen LogP contribution < -0.4 is 10.6 Å². The van der Waals surface area contributed by atoms with E-state index in [2.05, 4.69) is 15.5 Å².